The molecule has 2 saturated heterocycles. The minimum Gasteiger partial charge on any atom is -0.370 e. The van der Waals surface area contributed by atoms with E-state index in [-0.39, 0.29) is 5.69 Å². The number of rotatable bonds is 4. The molecule has 6 nitrogen and oxygen atoms in total. The van der Waals surface area contributed by atoms with E-state index in [2.05, 4.69) is 20.0 Å². The second-order valence-electron chi connectivity index (χ2n) is 7.06. The molecule has 1 aromatic heterocycles. The van der Waals surface area contributed by atoms with Crippen LogP contribution in [0.2, 0.25) is 0 Å². The van der Waals surface area contributed by atoms with Gasteiger partial charge < -0.3 is 15.1 Å². The van der Waals surface area contributed by atoms with Crippen LogP contribution in [0.25, 0.3) is 11.3 Å². The van der Waals surface area contributed by atoms with Crippen LogP contribution < -0.4 is 15.7 Å². The molecule has 4 rings (SSSR count). The zero-order valence-electron chi connectivity index (χ0n) is 14.9. The summed E-state index contributed by atoms with van der Waals surface area (Å²) in [6.45, 7) is 4.15. The summed E-state index contributed by atoms with van der Waals surface area (Å²) in [4.78, 5) is 21.7. The quantitative estimate of drug-likeness (QED) is 0.780. The maximum atomic E-state index is 12.2. The van der Waals surface area contributed by atoms with Crippen molar-refractivity contribution in [3.8, 4) is 11.3 Å². The standard InChI is InChI=1S/C19H19F3N4O2/c20-19(21,22)18(27)28-25-15-3-1-2-12(6-15)17-5-4-16(9-24-17)26-10-13-7-23-8-14(13)11-26/h1-6,9,13-14,23,25H,7-8,10-11H2. The Balaban J connectivity index is 1.42. The average Bonchev–Trinajstić information content (AvgIpc) is 3.28. The predicted molar refractivity (Wildman–Crippen MR) is 97.5 cm³/mol. The lowest BCUT2D eigenvalue weighted by Crippen LogP contribution is -2.27. The summed E-state index contributed by atoms with van der Waals surface area (Å²) in [5.41, 5.74) is 4.69. The second-order valence-corrected chi connectivity index (χ2v) is 7.06. The third kappa shape index (κ3) is 3.89. The fourth-order valence-electron chi connectivity index (χ4n) is 3.72. The molecule has 2 aliphatic rings. The van der Waals surface area contributed by atoms with Gasteiger partial charge in [-0.1, -0.05) is 12.1 Å². The molecule has 3 heterocycles. The molecule has 0 aliphatic carbocycles. The number of carbonyl (C=O) groups excluding carboxylic acids is 1. The molecule has 2 aromatic rings. The molecule has 2 N–H and O–H groups in total. The zero-order chi connectivity index (χ0) is 19.7. The van der Waals surface area contributed by atoms with Crippen molar-refractivity contribution in [1.82, 2.24) is 10.3 Å². The van der Waals surface area contributed by atoms with Crippen LogP contribution in [0, 0.1) is 11.8 Å². The number of nitrogens with one attached hydrogen (secondary N) is 2. The SMILES string of the molecule is O=C(ONc1cccc(-c2ccc(N3CC4CNCC4C3)cn2)c1)C(F)(F)F. The highest BCUT2D eigenvalue weighted by Gasteiger charge is 2.41. The van der Waals surface area contributed by atoms with Crippen LogP contribution in [0.5, 0.6) is 0 Å². The van der Waals surface area contributed by atoms with Crippen molar-refractivity contribution in [2.75, 3.05) is 36.6 Å². The zero-order valence-corrected chi connectivity index (χ0v) is 14.9. The molecule has 0 bridgehead atoms. The second kappa shape index (κ2) is 7.31. The number of pyridine rings is 1. The third-order valence-corrected chi connectivity index (χ3v) is 5.15. The number of benzene rings is 1. The number of halogens is 3. The third-order valence-electron chi connectivity index (χ3n) is 5.15. The Morgan fingerprint density at radius 1 is 1.18 bits per heavy atom. The van der Waals surface area contributed by atoms with Crippen LogP contribution in [0.4, 0.5) is 24.5 Å². The molecule has 9 heteroatoms. The lowest BCUT2D eigenvalue weighted by molar-refractivity contribution is -0.196. The van der Waals surface area contributed by atoms with E-state index in [1.807, 2.05) is 23.8 Å². The Kier molecular flexibility index (Phi) is 4.84. The molecule has 148 valence electrons. The van der Waals surface area contributed by atoms with Gasteiger partial charge in [0.1, 0.15) is 0 Å². The van der Waals surface area contributed by atoms with Crippen LogP contribution in [-0.4, -0.2) is 43.3 Å². The van der Waals surface area contributed by atoms with E-state index in [9.17, 15) is 18.0 Å². The topological polar surface area (TPSA) is 66.5 Å². The van der Waals surface area contributed by atoms with E-state index >= 15 is 0 Å². The molecule has 0 amide bonds. The van der Waals surface area contributed by atoms with Crippen LogP contribution >= 0.6 is 0 Å². The first kappa shape index (κ1) is 18.5. The first-order chi connectivity index (χ1) is 13.4. The number of hydrogen-bond acceptors (Lipinski definition) is 6. The molecule has 0 spiro atoms. The molecule has 2 atom stereocenters. The van der Waals surface area contributed by atoms with Crippen molar-refractivity contribution in [3.05, 3.63) is 42.6 Å². The van der Waals surface area contributed by atoms with Crippen LogP contribution in [0.1, 0.15) is 0 Å². The lowest BCUT2D eigenvalue weighted by Gasteiger charge is -2.19. The minimum atomic E-state index is -5.05. The van der Waals surface area contributed by atoms with Gasteiger partial charge in [0.05, 0.1) is 23.3 Å². The van der Waals surface area contributed by atoms with E-state index in [0.29, 0.717) is 23.1 Å². The summed E-state index contributed by atoms with van der Waals surface area (Å²) in [6, 6.07) is 10.4. The van der Waals surface area contributed by atoms with E-state index in [1.54, 1.807) is 18.2 Å². The van der Waals surface area contributed by atoms with Gasteiger partial charge in [0.2, 0.25) is 0 Å². The number of aromatic nitrogens is 1. The first-order valence-electron chi connectivity index (χ1n) is 8.96. The van der Waals surface area contributed by atoms with Gasteiger partial charge in [-0.15, -0.1) is 0 Å². The normalized spacial score (nSPS) is 21.5. The van der Waals surface area contributed by atoms with Gasteiger partial charge in [0.15, 0.2) is 0 Å². The van der Waals surface area contributed by atoms with Crippen molar-refractivity contribution in [3.63, 3.8) is 0 Å². The predicted octanol–water partition coefficient (Wildman–Crippen LogP) is 2.84. The van der Waals surface area contributed by atoms with Gasteiger partial charge in [0.25, 0.3) is 0 Å². The molecule has 2 fully saturated rings. The summed E-state index contributed by atoms with van der Waals surface area (Å²) in [6.07, 6.45) is -3.24. The van der Waals surface area contributed by atoms with Gasteiger partial charge >= 0.3 is 12.1 Å². The number of nitrogens with zero attached hydrogens (tertiary/aromatic N) is 2. The summed E-state index contributed by atoms with van der Waals surface area (Å²) < 4.78 is 36.6. The van der Waals surface area contributed by atoms with Crippen LogP contribution in [0.3, 0.4) is 0 Å². The van der Waals surface area contributed by atoms with E-state index < -0.39 is 12.1 Å². The molecular weight excluding hydrogens is 373 g/mol. The summed E-state index contributed by atoms with van der Waals surface area (Å²) in [7, 11) is 0. The molecule has 0 radical (unpaired) electrons. The summed E-state index contributed by atoms with van der Waals surface area (Å²) >= 11 is 0. The smallest absolute Gasteiger partial charge is 0.370 e. The molecular formula is C19H19F3N4O2. The number of alkyl halides is 3. The fraction of sp³-hybridized carbons (Fsp3) is 0.368. The molecule has 28 heavy (non-hydrogen) atoms. The average molecular weight is 392 g/mol. The fourth-order valence-corrected chi connectivity index (χ4v) is 3.72. The number of fused-ring (bicyclic) bond motifs is 1. The number of carbonyl (C=O) groups is 1. The highest BCUT2D eigenvalue weighted by atomic mass is 19.4. The highest BCUT2D eigenvalue weighted by Crippen LogP contribution is 2.31. The lowest BCUT2D eigenvalue weighted by atomic mass is 10.0. The summed E-state index contributed by atoms with van der Waals surface area (Å²) in [5, 5.41) is 3.42. The van der Waals surface area contributed by atoms with E-state index in [1.165, 1.54) is 6.07 Å². The van der Waals surface area contributed by atoms with E-state index in [0.717, 1.165) is 31.9 Å². The largest absolute Gasteiger partial charge is 0.493 e. The van der Waals surface area contributed by atoms with Gasteiger partial charge in [-0.05, 0) is 36.1 Å². The van der Waals surface area contributed by atoms with Gasteiger partial charge in [0, 0.05) is 31.7 Å². The van der Waals surface area contributed by atoms with Gasteiger partial charge in [-0.3, -0.25) is 4.98 Å². The van der Waals surface area contributed by atoms with Crippen LogP contribution in [-0.2, 0) is 9.63 Å². The van der Waals surface area contributed by atoms with Crippen LogP contribution in [0.15, 0.2) is 42.6 Å². The van der Waals surface area contributed by atoms with E-state index in [4.69, 9.17) is 0 Å². The van der Waals surface area contributed by atoms with Crippen molar-refractivity contribution in [2.45, 2.75) is 6.18 Å². The summed E-state index contributed by atoms with van der Waals surface area (Å²) in [5.74, 6) is -0.936. The van der Waals surface area contributed by atoms with Gasteiger partial charge in [-0.25, -0.2) is 10.3 Å². The monoisotopic (exact) mass is 392 g/mol. The molecule has 0 saturated carbocycles. The highest BCUT2D eigenvalue weighted by molar-refractivity contribution is 5.76. The number of anilines is 2. The first-order valence-corrected chi connectivity index (χ1v) is 8.96. The maximum Gasteiger partial charge on any atom is 0.493 e. The van der Waals surface area contributed by atoms with Crippen molar-refractivity contribution in [1.29, 1.82) is 0 Å². The minimum absolute atomic E-state index is 0.223. The Labute approximate surface area is 159 Å². The Morgan fingerprint density at radius 3 is 2.57 bits per heavy atom. The van der Waals surface area contributed by atoms with Crippen molar-refractivity contribution in [2.24, 2.45) is 11.8 Å². The Bertz CT molecular complexity index is 845. The molecule has 1 aromatic carbocycles. The number of hydrogen-bond donors (Lipinski definition) is 2. The Hall–Kier alpha value is -2.81. The van der Waals surface area contributed by atoms with Gasteiger partial charge in [-0.2, -0.15) is 13.2 Å². The Morgan fingerprint density at radius 2 is 1.93 bits per heavy atom. The van der Waals surface area contributed by atoms with Crippen molar-refractivity contribution < 1.29 is 22.8 Å². The molecule has 2 aliphatic heterocycles. The maximum absolute atomic E-state index is 12.2. The molecule has 2 unspecified atom stereocenters. The van der Waals surface area contributed by atoms with Crippen molar-refractivity contribution >= 4 is 17.3 Å².